The first kappa shape index (κ1) is 19.7. The Bertz CT molecular complexity index is 823. The van der Waals surface area contributed by atoms with E-state index < -0.39 is 0 Å². The zero-order chi connectivity index (χ0) is 19.9. The molecule has 0 unspecified atom stereocenters. The van der Waals surface area contributed by atoms with E-state index in [1.165, 1.54) is 0 Å². The quantitative estimate of drug-likeness (QED) is 0.473. The number of rotatable bonds is 8. The van der Waals surface area contributed by atoms with Gasteiger partial charge in [0.1, 0.15) is 11.5 Å². The largest absolute Gasteiger partial charge is 0.484 e. The van der Waals surface area contributed by atoms with Crippen LogP contribution in [0, 0.1) is 13.8 Å². The number of nitrogens with one attached hydrogen (secondary N) is 3. The number of aliphatic imine (C=N–C) groups is 1. The van der Waals surface area contributed by atoms with Gasteiger partial charge in [0.25, 0.3) is 5.91 Å². The standard InChI is InChI=1S/C20H27N5O3/c1-13-14(2)28-19(24-13)11-23-20(21-3)22-10-15-5-4-6-17(9-15)27-12-18(26)25-16-7-8-16/h4-6,9,16H,7-8,10-12H2,1-3H3,(H,25,26)(H2,21,22,23). The van der Waals surface area contributed by atoms with Crippen LogP contribution in [0.25, 0.3) is 0 Å². The number of carbonyl (C=O) groups excluding carboxylic acids is 1. The Kier molecular flexibility index (Phi) is 6.52. The average Bonchev–Trinajstić information content (AvgIpc) is 3.44. The Morgan fingerprint density at radius 2 is 2.07 bits per heavy atom. The topological polar surface area (TPSA) is 101 Å². The number of guanidine groups is 1. The highest BCUT2D eigenvalue weighted by atomic mass is 16.5. The van der Waals surface area contributed by atoms with Gasteiger partial charge in [-0.2, -0.15) is 0 Å². The van der Waals surface area contributed by atoms with Crippen molar-refractivity contribution in [3.8, 4) is 5.75 Å². The highest BCUT2D eigenvalue weighted by molar-refractivity contribution is 5.79. The van der Waals surface area contributed by atoms with E-state index in [1.807, 2.05) is 38.1 Å². The third-order valence-electron chi connectivity index (χ3n) is 4.37. The minimum absolute atomic E-state index is 0.0333. The van der Waals surface area contributed by atoms with E-state index in [-0.39, 0.29) is 12.5 Å². The first-order valence-corrected chi connectivity index (χ1v) is 9.42. The molecule has 1 aliphatic carbocycles. The Labute approximate surface area is 164 Å². The molecule has 1 aliphatic rings. The Balaban J connectivity index is 1.45. The molecule has 0 atom stereocenters. The molecule has 3 N–H and O–H groups in total. The molecule has 0 bridgehead atoms. The van der Waals surface area contributed by atoms with Gasteiger partial charge < -0.3 is 25.1 Å². The second kappa shape index (κ2) is 9.25. The van der Waals surface area contributed by atoms with Gasteiger partial charge in [0.05, 0.1) is 12.2 Å². The zero-order valence-corrected chi connectivity index (χ0v) is 16.5. The molecule has 0 radical (unpaired) electrons. The maximum atomic E-state index is 11.7. The van der Waals surface area contributed by atoms with Crippen LogP contribution in [0.4, 0.5) is 0 Å². The fourth-order valence-electron chi connectivity index (χ4n) is 2.57. The lowest BCUT2D eigenvalue weighted by Gasteiger charge is -2.12. The van der Waals surface area contributed by atoms with E-state index in [2.05, 4.69) is 25.9 Å². The molecule has 28 heavy (non-hydrogen) atoms. The summed E-state index contributed by atoms with van der Waals surface area (Å²) in [4.78, 5) is 20.3. The number of amides is 1. The number of hydrogen-bond donors (Lipinski definition) is 3. The molecule has 3 rings (SSSR count). The van der Waals surface area contributed by atoms with E-state index in [1.54, 1.807) is 7.05 Å². The van der Waals surface area contributed by atoms with Crippen molar-refractivity contribution in [3.63, 3.8) is 0 Å². The summed E-state index contributed by atoms with van der Waals surface area (Å²) in [6, 6.07) is 7.98. The van der Waals surface area contributed by atoms with Gasteiger partial charge in [0.15, 0.2) is 12.6 Å². The summed E-state index contributed by atoms with van der Waals surface area (Å²) in [7, 11) is 1.71. The predicted molar refractivity (Wildman–Crippen MR) is 106 cm³/mol. The predicted octanol–water partition coefficient (Wildman–Crippen LogP) is 1.81. The molecule has 2 aromatic rings. The summed E-state index contributed by atoms with van der Waals surface area (Å²) in [5.41, 5.74) is 1.91. The van der Waals surface area contributed by atoms with Crippen LogP contribution >= 0.6 is 0 Å². The van der Waals surface area contributed by atoms with Crippen LogP contribution in [0.3, 0.4) is 0 Å². The smallest absolute Gasteiger partial charge is 0.258 e. The second-order valence-corrected chi connectivity index (χ2v) is 6.81. The lowest BCUT2D eigenvalue weighted by Crippen LogP contribution is -2.36. The Morgan fingerprint density at radius 3 is 2.75 bits per heavy atom. The normalized spacial score (nSPS) is 13.9. The summed E-state index contributed by atoms with van der Waals surface area (Å²) in [5, 5.41) is 9.32. The van der Waals surface area contributed by atoms with Gasteiger partial charge in [-0.1, -0.05) is 12.1 Å². The maximum absolute atomic E-state index is 11.7. The molecule has 8 nitrogen and oxygen atoms in total. The first-order chi connectivity index (χ1) is 13.5. The molecule has 1 aromatic heterocycles. The molecule has 1 heterocycles. The third kappa shape index (κ3) is 6.00. The van der Waals surface area contributed by atoms with Gasteiger partial charge in [-0.15, -0.1) is 0 Å². The van der Waals surface area contributed by atoms with Crippen LogP contribution in [0.15, 0.2) is 33.7 Å². The van der Waals surface area contributed by atoms with Gasteiger partial charge in [-0.05, 0) is 44.4 Å². The molecular weight excluding hydrogens is 358 g/mol. The van der Waals surface area contributed by atoms with Crippen molar-refractivity contribution in [2.24, 2.45) is 4.99 Å². The summed E-state index contributed by atoms with van der Waals surface area (Å²) in [6.07, 6.45) is 2.13. The van der Waals surface area contributed by atoms with Crippen molar-refractivity contribution in [2.45, 2.75) is 45.8 Å². The van der Waals surface area contributed by atoms with E-state index in [9.17, 15) is 4.79 Å². The Hall–Kier alpha value is -3.03. The SMILES string of the molecule is CN=C(NCc1cccc(OCC(=O)NC2CC2)c1)NCc1nc(C)c(C)o1. The molecule has 1 aromatic carbocycles. The van der Waals surface area contributed by atoms with Crippen molar-refractivity contribution in [2.75, 3.05) is 13.7 Å². The second-order valence-electron chi connectivity index (χ2n) is 6.81. The fraction of sp³-hybridized carbons (Fsp3) is 0.450. The Morgan fingerprint density at radius 1 is 1.29 bits per heavy atom. The van der Waals surface area contributed by atoms with Crippen molar-refractivity contribution in [3.05, 3.63) is 47.2 Å². The van der Waals surface area contributed by atoms with Crippen LogP contribution in [0.1, 0.15) is 35.7 Å². The van der Waals surface area contributed by atoms with Crippen molar-refractivity contribution >= 4 is 11.9 Å². The van der Waals surface area contributed by atoms with Crippen molar-refractivity contribution in [1.29, 1.82) is 0 Å². The van der Waals surface area contributed by atoms with Crippen LogP contribution in [-0.4, -0.2) is 36.5 Å². The van der Waals surface area contributed by atoms with Gasteiger partial charge in [-0.3, -0.25) is 9.79 Å². The van der Waals surface area contributed by atoms with E-state index in [0.29, 0.717) is 36.7 Å². The number of ether oxygens (including phenoxy) is 1. The lowest BCUT2D eigenvalue weighted by atomic mass is 10.2. The van der Waals surface area contributed by atoms with Crippen molar-refractivity contribution < 1.29 is 13.9 Å². The van der Waals surface area contributed by atoms with E-state index >= 15 is 0 Å². The van der Waals surface area contributed by atoms with Gasteiger partial charge in [0, 0.05) is 19.6 Å². The highest BCUT2D eigenvalue weighted by Crippen LogP contribution is 2.18. The molecule has 0 spiro atoms. The van der Waals surface area contributed by atoms with Crippen LogP contribution in [0.5, 0.6) is 5.75 Å². The van der Waals surface area contributed by atoms with Gasteiger partial charge >= 0.3 is 0 Å². The summed E-state index contributed by atoms with van der Waals surface area (Å²) in [5.74, 6) is 2.68. The van der Waals surface area contributed by atoms with Crippen LogP contribution in [0.2, 0.25) is 0 Å². The van der Waals surface area contributed by atoms with Crippen LogP contribution in [-0.2, 0) is 17.9 Å². The number of benzene rings is 1. The minimum atomic E-state index is -0.0763. The molecule has 150 valence electrons. The summed E-state index contributed by atoms with van der Waals surface area (Å²) < 4.78 is 11.1. The van der Waals surface area contributed by atoms with Crippen molar-refractivity contribution in [1.82, 2.24) is 20.9 Å². The number of carbonyl (C=O) groups is 1. The number of aryl methyl sites for hydroxylation is 2. The summed E-state index contributed by atoms with van der Waals surface area (Å²) >= 11 is 0. The highest BCUT2D eigenvalue weighted by Gasteiger charge is 2.23. The molecule has 1 saturated carbocycles. The molecule has 0 saturated heterocycles. The molecule has 0 aliphatic heterocycles. The minimum Gasteiger partial charge on any atom is -0.484 e. The number of nitrogens with zero attached hydrogens (tertiary/aromatic N) is 2. The third-order valence-corrected chi connectivity index (χ3v) is 4.37. The average molecular weight is 385 g/mol. The first-order valence-electron chi connectivity index (χ1n) is 9.42. The monoisotopic (exact) mass is 385 g/mol. The van der Waals surface area contributed by atoms with Gasteiger partial charge in [0.2, 0.25) is 5.89 Å². The molecule has 1 fully saturated rings. The van der Waals surface area contributed by atoms with Gasteiger partial charge in [-0.25, -0.2) is 4.98 Å². The number of oxazole rings is 1. The van der Waals surface area contributed by atoms with E-state index in [4.69, 9.17) is 9.15 Å². The molecule has 1 amide bonds. The fourth-order valence-corrected chi connectivity index (χ4v) is 2.57. The molecular formula is C20H27N5O3. The number of hydrogen-bond acceptors (Lipinski definition) is 5. The van der Waals surface area contributed by atoms with Crippen LogP contribution < -0.4 is 20.7 Å². The molecule has 8 heteroatoms. The maximum Gasteiger partial charge on any atom is 0.258 e. The van der Waals surface area contributed by atoms with E-state index in [0.717, 1.165) is 29.9 Å². The zero-order valence-electron chi connectivity index (χ0n) is 16.5. The lowest BCUT2D eigenvalue weighted by molar-refractivity contribution is -0.123. The number of aromatic nitrogens is 1. The summed E-state index contributed by atoms with van der Waals surface area (Å²) in [6.45, 7) is 4.86.